The molecule has 3 rings (SSSR count). The van der Waals surface area contributed by atoms with Gasteiger partial charge >= 0.3 is 6.18 Å². The van der Waals surface area contributed by atoms with Crippen LogP contribution >= 0.6 is 0 Å². The molecule has 0 saturated carbocycles. The van der Waals surface area contributed by atoms with Crippen LogP contribution in [0.2, 0.25) is 0 Å². The maximum atomic E-state index is 13.5. The van der Waals surface area contributed by atoms with Crippen molar-refractivity contribution in [2.24, 2.45) is 0 Å². The number of ether oxygens (including phenoxy) is 1. The third-order valence-corrected chi connectivity index (χ3v) is 4.72. The predicted molar refractivity (Wildman–Crippen MR) is 82.5 cm³/mol. The van der Waals surface area contributed by atoms with E-state index in [0.717, 1.165) is 0 Å². The van der Waals surface area contributed by atoms with Gasteiger partial charge in [-0.05, 0) is 37.1 Å². The highest BCUT2D eigenvalue weighted by Crippen LogP contribution is 2.39. The Kier molecular flexibility index (Phi) is 4.34. The fourth-order valence-electron chi connectivity index (χ4n) is 3.31. The summed E-state index contributed by atoms with van der Waals surface area (Å²) in [4.78, 5) is 16.0. The van der Waals surface area contributed by atoms with Gasteiger partial charge in [0.2, 0.25) is 0 Å². The van der Waals surface area contributed by atoms with E-state index in [-0.39, 0.29) is 35.7 Å². The lowest BCUT2D eigenvalue weighted by Crippen LogP contribution is -2.50. The highest BCUT2D eigenvalue weighted by molar-refractivity contribution is 5.99. The zero-order chi connectivity index (χ0) is 17.6. The molecule has 7 heteroatoms. The summed E-state index contributed by atoms with van der Waals surface area (Å²) in [5.74, 6) is -0.314. The van der Waals surface area contributed by atoms with Crippen LogP contribution in [0, 0.1) is 0 Å². The number of carbonyl (C=O) groups excluding carboxylic acids is 1. The molecule has 1 aromatic rings. The van der Waals surface area contributed by atoms with E-state index in [1.54, 1.807) is 13.2 Å². The predicted octanol–water partition coefficient (Wildman–Crippen LogP) is 2.90. The smallest absolute Gasteiger partial charge is 0.379 e. The van der Waals surface area contributed by atoms with Crippen LogP contribution in [0.15, 0.2) is 12.1 Å². The van der Waals surface area contributed by atoms with Gasteiger partial charge in [-0.25, -0.2) is 0 Å². The van der Waals surface area contributed by atoms with E-state index in [0.29, 0.717) is 25.2 Å². The van der Waals surface area contributed by atoms with E-state index in [2.05, 4.69) is 0 Å². The summed E-state index contributed by atoms with van der Waals surface area (Å²) in [7, 11) is 1.62. The van der Waals surface area contributed by atoms with E-state index in [9.17, 15) is 18.0 Å². The van der Waals surface area contributed by atoms with Crippen molar-refractivity contribution in [1.29, 1.82) is 0 Å². The second-order valence-electron chi connectivity index (χ2n) is 6.75. The first-order chi connectivity index (χ1) is 11.2. The Morgan fingerprint density at radius 3 is 2.50 bits per heavy atom. The SMILES string of the molecule is COC1CN(Cc2cc3c(c(C(F)(F)F)c2)CN(C(C)C)C3=O)C1. The van der Waals surface area contributed by atoms with E-state index in [1.165, 1.54) is 11.0 Å². The van der Waals surface area contributed by atoms with Crippen molar-refractivity contribution < 1.29 is 22.7 Å². The molecule has 0 bridgehead atoms. The normalized spacial score (nSPS) is 19.1. The van der Waals surface area contributed by atoms with E-state index in [1.807, 2.05) is 18.7 Å². The number of carbonyl (C=O) groups is 1. The summed E-state index contributed by atoms with van der Waals surface area (Å²) in [5.41, 5.74) is 0.130. The Balaban J connectivity index is 1.92. The summed E-state index contributed by atoms with van der Waals surface area (Å²) in [6.07, 6.45) is -4.32. The molecule has 1 amide bonds. The van der Waals surface area contributed by atoms with Gasteiger partial charge in [-0.1, -0.05) is 0 Å². The van der Waals surface area contributed by atoms with Crippen molar-refractivity contribution in [3.05, 3.63) is 34.4 Å². The molecule has 2 aliphatic rings. The van der Waals surface area contributed by atoms with E-state index in [4.69, 9.17) is 4.74 Å². The van der Waals surface area contributed by atoms with Crippen LogP contribution in [0.1, 0.15) is 40.9 Å². The standard InChI is InChI=1S/C17H21F3N2O2/c1-10(2)22-9-14-13(16(22)23)4-11(5-15(14)17(18,19)20)6-21-7-12(8-21)24-3/h4-5,10,12H,6-9H2,1-3H3. The molecular weight excluding hydrogens is 321 g/mol. The van der Waals surface area contributed by atoms with Crippen LogP contribution < -0.4 is 0 Å². The molecule has 0 atom stereocenters. The fourth-order valence-corrected chi connectivity index (χ4v) is 3.31. The molecule has 1 saturated heterocycles. The second-order valence-corrected chi connectivity index (χ2v) is 6.75. The lowest BCUT2D eigenvalue weighted by molar-refractivity contribution is -0.138. The fraction of sp³-hybridized carbons (Fsp3) is 0.588. The molecule has 0 aliphatic carbocycles. The van der Waals surface area contributed by atoms with Crippen LogP contribution in [-0.2, 0) is 24.0 Å². The molecular formula is C17H21F3N2O2. The molecule has 2 aliphatic heterocycles. The van der Waals surface area contributed by atoms with Crippen molar-refractivity contribution in [3.8, 4) is 0 Å². The molecule has 0 radical (unpaired) electrons. The van der Waals surface area contributed by atoms with Gasteiger partial charge in [0.1, 0.15) is 0 Å². The summed E-state index contributed by atoms with van der Waals surface area (Å²) < 4.78 is 45.6. The topological polar surface area (TPSA) is 32.8 Å². The number of likely N-dealkylation sites (tertiary alicyclic amines) is 1. The number of benzene rings is 1. The number of methoxy groups -OCH3 is 1. The largest absolute Gasteiger partial charge is 0.416 e. The van der Waals surface area contributed by atoms with Gasteiger partial charge in [0.15, 0.2) is 0 Å². The average Bonchev–Trinajstić information content (AvgIpc) is 2.78. The van der Waals surface area contributed by atoms with Gasteiger partial charge in [0, 0.05) is 44.9 Å². The van der Waals surface area contributed by atoms with Crippen molar-refractivity contribution >= 4 is 5.91 Å². The maximum absolute atomic E-state index is 13.5. The number of alkyl halides is 3. The quantitative estimate of drug-likeness (QED) is 0.843. The molecule has 132 valence electrons. The number of hydrogen-bond donors (Lipinski definition) is 0. The van der Waals surface area contributed by atoms with E-state index < -0.39 is 11.7 Å². The first-order valence-corrected chi connectivity index (χ1v) is 7.99. The molecule has 0 aromatic heterocycles. The van der Waals surface area contributed by atoms with Gasteiger partial charge in [-0.15, -0.1) is 0 Å². The van der Waals surface area contributed by atoms with E-state index >= 15 is 0 Å². The van der Waals surface area contributed by atoms with Gasteiger partial charge in [-0.2, -0.15) is 13.2 Å². The lowest BCUT2D eigenvalue weighted by Gasteiger charge is -2.38. The van der Waals surface area contributed by atoms with Gasteiger partial charge in [0.25, 0.3) is 5.91 Å². The molecule has 0 unspecified atom stereocenters. The third kappa shape index (κ3) is 3.02. The minimum Gasteiger partial charge on any atom is -0.379 e. The highest BCUT2D eigenvalue weighted by Gasteiger charge is 2.41. The van der Waals surface area contributed by atoms with Crippen LogP contribution in [0.4, 0.5) is 13.2 Å². The molecule has 0 spiro atoms. The van der Waals surface area contributed by atoms with Crippen LogP contribution in [0.3, 0.4) is 0 Å². The summed E-state index contributed by atoms with van der Waals surface area (Å²) in [6, 6.07) is 2.68. The number of hydrogen-bond acceptors (Lipinski definition) is 3. The monoisotopic (exact) mass is 342 g/mol. The molecule has 24 heavy (non-hydrogen) atoms. The Labute approximate surface area is 139 Å². The first-order valence-electron chi connectivity index (χ1n) is 7.99. The van der Waals surface area contributed by atoms with Gasteiger partial charge < -0.3 is 9.64 Å². The minimum atomic E-state index is -4.46. The van der Waals surface area contributed by atoms with Crippen molar-refractivity contribution in [2.75, 3.05) is 20.2 Å². The second kappa shape index (κ2) is 6.04. The van der Waals surface area contributed by atoms with Crippen LogP contribution in [0.25, 0.3) is 0 Å². The number of fused-ring (bicyclic) bond motifs is 1. The van der Waals surface area contributed by atoms with Crippen molar-refractivity contribution in [3.63, 3.8) is 0 Å². The molecule has 4 nitrogen and oxygen atoms in total. The number of nitrogens with zero attached hydrogens (tertiary/aromatic N) is 2. The van der Waals surface area contributed by atoms with Crippen molar-refractivity contribution in [2.45, 2.75) is 45.3 Å². The number of amides is 1. The van der Waals surface area contributed by atoms with Gasteiger partial charge in [-0.3, -0.25) is 9.69 Å². The molecule has 2 heterocycles. The first kappa shape index (κ1) is 17.2. The zero-order valence-corrected chi connectivity index (χ0v) is 14.0. The lowest BCUT2D eigenvalue weighted by atomic mass is 9.98. The summed E-state index contributed by atoms with van der Waals surface area (Å²) >= 11 is 0. The summed E-state index contributed by atoms with van der Waals surface area (Å²) in [6.45, 7) is 5.43. The average molecular weight is 342 g/mol. The molecule has 0 N–H and O–H groups in total. The van der Waals surface area contributed by atoms with Gasteiger partial charge in [0.05, 0.1) is 11.7 Å². The Hall–Kier alpha value is -1.60. The number of rotatable bonds is 4. The highest BCUT2D eigenvalue weighted by atomic mass is 19.4. The third-order valence-electron chi connectivity index (χ3n) is 4.72. The minimum absolute atomic E-state index is 0.0242. The Bertz CT molecular complexity index is 652. The van der Waals surface area contributed by atoms with Crippen molar-refractivity contribution in [1.82, 2.24) is 9.80 Å². The maximum Gasteiger partial charge on any atom is 0.416 e. The van der Waals surface area contributed by atoms with Crippen LogP contribution in [-0.4, -0.2) is 48.1 Å². The molecule has 1 fully saturated rings. The zero-order valence-electron chi connectivity index (χ0n) is 14.0. The molecule has 1 aromatic carbocycles. The van der Waals surface area contributed by atoms with Crippen LogP contribution in [0.5, 0.6) is 0 Å². The Morgan fingerprint density at radius 1 is 1.29 bits per heavy atom. The number of halogens is 3. The summed E-state index contributed by atoms with van der Waals surface area (Å²) in [5, 5.41) is 0. The Morgan fingerprint density at radius 2 is 1.96 bits per heavy atom.